The van der Waals surface area contributed by atoms with Crippen molar-refractivity contribution in [3.8, 4) is 0 Å². The summed E-state index contributed by atoms with van der Waals surface area (Å²) in [7, 11) is -1.04. The third-order valence-electron chi connectivity index (χ3n) is 2.10. The predicted molar refractivity (Wildman–Crippen MR) is 61.9 cm³/mol. The van der Waals surface area contributed by atoms with E-state index in [-0.39, 0.29) is 5.04 Å². The summed E-state index contributed by atoms with van der Waals surface area (Å²) in [5, 5.41) is 1.28. The van der Waals surface area contributed by atoms with Crippen LogP contribution >= 0.6 is 11.1 Å². The van der Waals surface area contributed by atoms with Crippen molar-refractivity contribution in [2.45, 2.75) is 18.9 Å². The minimum atomic E-state index is -1.04. The van der Waals surface area contributed by atoms with Gasteiger partial charge in [0.05, 0.1) is 0 Å². The van der Waals surface area contributed by atoms with Gasteiger partial charge in [-0.3, -0.25) is 0 Å². The van der Waals surface area contributed by atoms with Crippen LogP contribution in [-0.4, -0.2) is 8.11 Å². The molecule has 0 atom stereocenters. The minimum absolute atomic E-state index is 0.0353. The molecule has 69 valence electrons. The number of hydrogen-bond acceptors (Lipinski definition) is 0. The smallest absolute Gasteiger partial charge is 0.162 e. The van der Waals surface area contributed by atoms with Crippen molar-refractivity contribution in [1.82, 2.24) is 0 Å². The van der Waals surface area contributed by atoms with E-state index in [9.17, 15) is 0 Å². The molecule has 0 nitrogen and oxygen atoms in total. The second kappa shape index (κ2) is 4.12. The van der Waals surface area contributed by atoms with Crippen molar-refractivity contribution in [2.24, 2.45) is 0 Å². The van der Waals surface area contributed by atoms with Crippen LogP contribution in [0.25, 0.3) is 0 Å². The van der Waals surface area contributed by atoms with E-state index in [0.29, 0.717) is 0 Å². The van der Waals surface area contributed by atoms with Gasteiger partial charge in [0.1, 0.15) is 0 Å². The van der Waals surface area contributed by atoms with Crippen LogP contribution in [-0.2, 0) is 0 Å². The van der Waals surface area contributed by atoms with Crippen molar-refractivity contribution in [3.63, 3.8) is 0 Å². The Balaban J connectivity index is 2.91. The Bertz CT molecular complexity index is 279. The molecule has 0 aliphatic heterocycles. The third-order valence-corrected chi connectivity index (χ3v) is 6.39. The number of hydrogen-bond donors (Lipinski definition) is 0. The fourth-order valence-electron chi connectivity index (χ4n) is 1.05. The molecule has 0 unspecified atom stereocenters. The zero-order valence-electron chi connectivity index (χ0n) is 8.05. The van der Waals surface area contributed by atoms with Crippen molar-refractivity contribution < 1.29 is 0 Å². The quantitative estimate of drug-likeness (QED) is 0.408. The monoisotopic (exact) mass is 209 g/mol. The third kappa shape index (κ3) is 2.45. The maximum atomic E-state index is 6.43. The zero-order valence-corrected chi connectivity index (χ0v) is 9.81. The van der Waals surface area contributed by atoms with Crippen LogP contribution in [0.5, 0.6) is 0 Å². The van der Waals surface area contributed by atoms with Gasteiger partial charge < -0.3 is 0 Å². The van der Waals surface area contributed by atoms with E-state index in [2.05, 4.69) is 32.6 Å². The number of rotatable bonds is 3. The van der Waals surface area contributed by atoms with Crippen molar-refractivity contribution >= 4 is 24.4 Å². The van der Waals surface area contributed by atoms with Gasteiger partial charge in [-0.1, -0.05) is 50.3 Å². The zero-order chi connectivity index (χ0) is 9.90. The van der Waals surface area contributed by atoms with E-state index in [1.165, 1.54) is 5.19 Å². The number of allylic oxidation sites excluding steroid dienone is 1. The van der Waals surface area contributed by atoms with Gasteiger partial charge in [0.2, 0.25) is 8.11 Å². The van der Waals surface area contributed by atoms with Gasteiger partial charge >= 0.3 is 0 Å². The Morgan fingerprint density at radius 2 is 1.85 bits per heavy atom. The lowest BCUT2D eigenvalue weighted by atomic mass is 10.2. The summed E-state index contributed by atoms with van der Waals surface area (Å²) in [6, 6.07) is 10.2. The van der Waals surface area contributed by atoms with Gasteiger partial charge in [-0.15, -0.1) is 6.58 Å². The van der Waals surface area contributed by atoms with Gasteiger partial charge in [0.25, 0.3) is 0 Å². The molecule has 0 aliphatic rings. The Labute approximate surface area is 86.6 Å². The Hall–Kier alpha value is -0.533. The van der Waals surface area contributed by atoms with Crippen molar-refractivity contribution in [1.29, 1.82) is 0 Å². The molecule has 0 saturated heterocycles. The highest BCUT2D eigenvalue weighted by Gasteiger charge is 2.28. The molecule has 0 bridgehead atoms. The standard InChI is InChI=1S/C11H14ClSi/c1-4-11(2,3)13(12)10-8-6-5-7-9-10/h4-9H,1H2,2-3H3. The summed E-state index contributed by atoms with van der Waals surface area (Å²) in [4.78, 5) is 0. The summed E-state index contributed by atoms with van der Waals surface area (Å²) >= 11 is 6.43. The van der Waals surface area contributed by atoms with E-state index in [1.807, 2.05) is 24.3 Å². The molecule has 0 heterocycles. The first-order chi connectivity index (χ1) is 6.08. The van der Waals surface area contributed by atoms with Crippen LogP contribution in [0.4, 0.5) is 0 Å². The summed E-state index contributed by atoms with van der Waals surface area (Å²) in [6.07, 6.45) is 1.95. The van der Waals surface area contributed by atoms with Crippen LogP contribution in [0.15, 0.2) is 43.0 Å². The van der Waals surface area contributed by atoms with Gasteiger partial charge in [-0.2, -0.15) is 11.1 Å². The number of halogens is 1. The maximum absolute atomic E-state index is 6.43. The van der Waals surface area contributed by atoms with E-state index in [4.69, 9.17) is 11.1 Å². The molecule has 1 radical (unpaired) electrons. The molecule has 0 fully saturated rings. The molecule has 13 heavy (non-hydrogen) atoms. The molecule has 1 aromatic carbocycles. The molecule has 1 rings (SSSR count). The molecule has 0 N–H and O–H groups in total. The minimum Gasteiger partial charge on any atom is -0.162 e. The van der Waals surface area contributed by atoms with E-state index < -0.39 is 8.11 Å². The van der Waals surface area contributed by atoms with Crippen LogP contribution in [0.1, 0.15) is 13.8 Å². The molecule has 0 saturated carbocycles. The fraction of sp³-hybridized carbons (Fsp3) is 0.273. The molecule has 0 aliphatic carbocycles. The van der Waals surface area contributed by atoms with Gasteiger partial charge in [0, 0.05) is 0 Å². The van der Waals surface area contributed by atoms with Crippen molar-refractivity contribution in [2.75, 3.05) is 0 Å². The average Bonchev–Trinajstić information content (AvgIpc) is 2.18. The topological polar surface area (TPSA) is 0 Å². The summed E-state index contributed by atoms with van der Waals surface area (Å²) in [6.45, 7) is 8.09. The SMILES string of the molecule is C=CC(C)(C)[Si](Cl)c1ccccc1. The van der Waals surface area contributed by atoms with Gasteiger partial charge in [-0.25, -0.2) is 0 Å². The average molecular weight is 210 g/mol. The van der Waals surface area contributed by atoms with E-state index in [0.717, 1.165) is 0 Å². The maximum Gasteiger partial charge on any atom is 0.209 e. The molecular formula is C11H14ClSi. The number of benzene rings is 1. The predicted octanol–water partition coefficient (Wildman–Crippen LogP) is 3.09. The Kier molecular flexibility index (Phi) is 3.34. The lowest BCUT2D eigenvalue weighted by Crippen LogP contribution is -2.33. The summed E-state index contributed by atoms with van der Waals surface area (Å²) in [5.41, 5.74) is 0. The first kappa shape index (κ1) is 10.5. The van der Waals surface area contributed by atoms with E-state index >= 15 is 0 Å². The molecular weight excluding hydrogens is 196 g/mol. The first-order valence-electron chi connectivity index (χ1n) is 4.30. The largest absolute Gasteiger partial charge is 0.209 e. The molecule has 1 aromatic rings. The second-order valence-electron chi connectivity index (χ2n) is 3.61. The molecule has 0 aromatic heterocycles. The molecule has 0 amide bonds. The molecule has 0 spiro atoms. The van der Waals surface area contributed by atoms with E-state index in [1.54, 1.807) is 0 Å². The summed E-state index contributed by atoms with van der Waals surface area (Å²) in [5.74, 6) is 0. The second-order valence-corrected chi connectivity index (χ2v) is 7.23. The molecule has 2 heteroatoms. The van der Waals surface area contributed by atoms with Crippen molar-refractivity contribution in [3.05, 3.63) is 43.0 Å². The highest BCUT2D eigenvalue weighted by Crippen LogP contribution is 2.31. The van der Waals surface area contributed by atoms with Gasteiger partial charge in [-0.05, 0) is 10.2 Å². The van der Waals surface area contributed by atoms with Crippen LogP contribution in [0.3, 0.4) is 0 Å². The Morgan fingerprint density at radius 3 is 2.31 bits per heavy atom. The highest BCUT2D eigenvalue weighted by atomic mass is 35.6. The van der Waals surface area contributed by atoms with Crippen LogP contribution < -0.4 is 5.19 Å². The van der Waals surface area contributed by atoms with Gasteiger partial charge in [0.15, 0.2) is 0 Å². The van der Waals surface area contributed by atoms with Crippen LogP contribution in [0, 0.1) is 0 Å². The lowest BCUT2D eigenvalue weighted by molar-refractivity contribution is 0.850. The fourth-order valence-corrected chi connectivity index (χ4v) is 3.06. The Morgan fingerprint density at radius 1 is 1.31 bits per heavy atom. The summed E-state index contributed by atoms with van der Waals surface area (Å²) < 4.78 is 0. The first-order valence-corrected chi connectivity index (χ1v) is 6.81. The lowest BCUT2D eigenvalue weighted by Gasteiger charge is -2.24. The highest BCUT2D eigenvalue weighted by molar-refractivity contribution is 7.16. The normalized spacial score (nSPS) is 11.7. The van der Waals surface area contributed by atoms with Crippen LogP contribution in [0.2, 0.25) is 5.04 Å².